The summed E-state index contributed by atoms with van der Waals surface area (Å²) in [6.45, 7) is 0.188. The van der Waals surface area contributed by atoms with E-state index in [1.165, 1.54) is 17.2 Å². The number of aryl methyl sites for hydroxylation is 1. The van der Waals surface area contributed by atoms with E-state index in [9.17, 15) is 4.39 Å². The van der Waals surface area contributed by atoms with Gasteiger partial charge in [0, 0.05) is 16.6 Å². The molecule has 0 aliphatic heterocycles. The van der Waals surface area contributed by atoms with Crippen LogP contribution in [-0.2, 0) is 13.0 Å². The van der Waals surface area contributed by atoms with E-state index in [1.54, 1.807) is 12.1 Å². The summed E-state index contributed by atoms with van der Waals surface area (Å²) in [6.07, 6.45) is 3.15. The van der Waals surface area contributed by atoms with Crippen molar-refractivity contribution in [2.24, 2.45) is 5.73 Å². The molecule has 110 valence electrons. The molecule has 21 heavy (non-hydrogen) atoms. The fourth-order valence-corrected chi connectivity index (χ4v) is 2.88. The first-order valence-electron chi connectivity index (χ1n) is 7.08. The number of fused-ring (bicyclic) bond motifs is 1. The van der Waals surface area contributed by atoms with Crippen LogP contribution in [0.3, 0.4) is 0 Å². The summed E-state index contributed by atoms with van der Waals surface area (Å²) in [5.74, 6) is 0.402. The van der Waals surface area contributed by atoms with Crippen molar-refractivity contribution in [3.63, 3.8) is 0 Å². The zero-order valence-corrected chi connectivity index (χ0v) is 12.4. The predicted octanol–water partition coefficient (Wildman–Crippen LogP) is 4.39. The van der Waals surface area contributed by atoms with Gasteiger partial charge in [0.25, 0.3) is 0 Å². The highest BCUT2D eigenvalue weighted by Crippen LogP contribution is 2.31. The minimum absolute atomic E-state index is 0.122. The van der Waals surface area contributed by atoms with Crippen molar-refractivity contribution in [3.05, 3.63) is 63.9 Å². The van der Waals surface area contributed by atoms with Gasteiger partial charge in [-0.3, -0.25) is 0 Å². The standard InChI is InChI=1S/C17H17ClFNO/c18-13-5-4-12(16(19)9-13)10-21-14-6-7-15-11(8-14)2-1-3-17(15)20/h4-9,17H,1-3,10,20H2. The Labute approximate surface area is 128 Å². The van der Waals surface area contributed by atoms with Gasteiger partial charge in [-0.25, -0.2) is 4.39 Å². The van der Waals surface area contributed by atoms with Crippen LogP contribution in [0.15, 0.2) is 36.4 Å². The molecule has 0 bridgehead atoms. The van der Waals surface area contributed by atoms with E-state index in [0.717, 1.165) is 25.0 Å². The second-order valence-electron chi connectivity index (χ2n) is 5.38. The molecule has 1 aliphatic carbocycles. The van der Waals surface area contributed by atoms with E-state index < -0.39 is 0 Å². The second-order valence-corrected chi connectivity index (χ2v) is 5.82. The lowest BCUT2D eigenvalue weighted by Crippen LogP contribution is -2.17. The van der Waals surface area contributed by atoms with Crippen molar-refractivity contribution in [3.8, 4) is 5.75 Å². The molecule has 1 unspecified atom stereocenters. The lowest BCUT2D eigenvalue weighted by molar-refractivity contribution is 0.299. The Bertz CT molecular complexity index is 659. The molecule has 0 saturated heterocycles. The molecule has 1 atom stereocenters. The monoisotopic (exact) mass is 305 g/mol. The van der Waals surface area contributed by atoms with Crippen LogP contribution in [0.1, 0.15) is 35.6 Å². The fraction of sp³-hybridized carbons (Fsp3) is 0.294. The van der Waals surface area contributed by atoms with Crippen LogP contribution in [0.25, 0.3) is 0 Å². The van der Waals surface area contributed by atoms with Gasteiger partial charge in [0.05, 0.1) is 0 Å². The van der Waals surface area contributed by atoms with E-state index in [1.807, 2.05) is 18.2 Å². The van der Waals surface area contributed by atoms with Gasteiger partial charge in [-0.2, -0.15) is 0 Å². The summed E-state index contributed by atoms with van der Waals surface area (Å²) in [5, 5.41) is 0.388. The first-order valence-corrected chi connectivity index (χ1v) is 7.46. The van der Waals surface area contributed by atoms with Crippen LogP contribution in [-0.4, -0.2) is 0 Å². The molecule has 2 nitrogen and oxygen atoms in total. The average Bonchev–Trinajstić information content (AvgIpc) is 2.46. The Kier molecular flexibility index (Phi) is 4.13. The Morgan fingerprint density at radius 3 is 2.90 bits per heavy atom. The van der Waals surface area contributed by atoms with Crippen LogP contribution in [0.4, 0.5) is 4.39 Å². The normalized spacial score (nSPS) is 17.4. The van der Waals surface area contributed by atoms with Crippen molar-refractivity contribution < 1.29 is 9.13 Å². The zero-order valence-electron chi connectivity index (χ0n) is 11.6. The number of hydrogen-bond acceptors (Lipinski definition) is 2. The van der Waals surface area contributed by atoms with Gasteiger partial charge in [-0.1, -0.05) is 23.7 Å². The third-order valence-corrected chi connectivity index (χ3v) is 4.12. The molecule has 0 amide bonds. The molecule has 3 rings (SSSR count). The first-order chi connectivity index (χ1) is 10.1. The third kappa shape index (κ3) is 3.20. The van der Waals surface area contributed by atoms with Crippen molar-refractivity contribution in [1.29, 1.82) is 0 Å². The van der Waals surface area contributed by atoms with Crippen LogP contribution >= 0.6 is 11.6 Å². The molecule has 2 aromatic rings. The Morgan fingerprint density at radius 2 is 2.10 bits per heavy atom. The summed E-state index contributed by atoms with van der Waals surface area (Å²) in [5.41, 5.74) is 9.03. The number of hydrogen-bond donors (Lipinski definition) is 1. The topological polar surface area (TPSA) is 35.2 Å². The summed E-state index contributed by atoms with van der Waals surface area (Å²) < 4.78 is 19.4. The van der Waals surface area contributed by atoms with Gasteiger partial charge in [0.15, 0.2) is 0 Å². The summed E-state index contributed by atoms with van der Waals surface area (Å²) >= 11 is 5.73. The summed E-state index contributed by atoms with van der Waals surface area (Å²) in [4.78, 5) is 0. The van der Waals surface area contributed by atoms with Gasteiger partial charge in [0.1, 0.15) is 18.2 Å². The maximum Gasteiger partial charge on any atom is 0.131 e. The second kappa shape index (κ2) is 6.04. The molecule has 0 radical (unpaired) electrons. The molecule has 0 heterocycles. The largest absolute Gasteiger partial charge is 0.489 e. The van der Waals surface area contributed by atoms with E-state index in [2.05, 4.69) is 0 Å². The summed E-state index contributed by atoms with van der Waals surface area (Å²) in [7, 11) is 0. The smallest absolute Gasteiger partial charge is 0.131 e. The lowest BCUT2D eigenvalue weighted by Gasteiger charge is -2.22. The maximum absolute atomic E-state index is 13.7. The Hall–Kier alpha value is -1.58. The molecule has 2 aromatic carbocycles. The minimum Gasteiger partial charge on any atom is -0.489 e. The molecular formula is C17H17ClFNO. The maximum atomic E-state index is 13.7. The van der Waals surface area contributed by atoms with Gasteiger partial charge >= 0.3 is 0 Å². The highest BCUT2D eigenvalue weighted by Gasteiger charge is 2.17. The average molecular weight is 306 g/mol. The fourth-order valence-electron chi connectivity index (χ4n) is 2.72. The SMILES string of the molecule is NC1CCCc2cc(OCc3ccc(Cl)cc3F)ccc21. The number of ether oxygens (including phenoxy) is 1. The highest BCUT2D eigenvalue weighted by atomic mass is 35.5. The Balaban J connectivity index is 1.73. The minimum atomic E-state index is -0.345. The predicted molar refractivity (Wildman–Crippen MR) is 82.1 cm³/mol. The molecule has 2 N–H and O–H groups in total. The zero-order chi connectivity index (χ0) is 14.8. The number of benzene rings is 2. The van der Waals surface area contributed by atoms with Gasteiger partial charge in [-0.05, 0) is 54.7 Å². The van der Waals surface area contributed by atoms with E-state index in [4.69, 9.17) is 22.1 Å². The lowest BCUT2D eigenvalue weighted by atomic mass is 9.88. The quantitative estimate of drug-likeness (QED) is 0.912. The Morgan fingerprint density at radius 1 is 1.24 bits per heavy atom. The molecule has 0 fully saturated rings. The molecular weight excluding hydrogens is 289 g/mol. The van der Waals surface area contributed by atoms with E-state index in [0.29, 0.717) is 10.6 Å². The number of nitrogens with two attached hydrogens (primary N) is 1. The highest BCUT2D eigenvalue weighted by molar-refractivity contribution is 6.30. The van der Waals surface area contributed by atoms with E-state index in [-0.39, 0.29) is 18.5 Å². The first kappa shape index (κ1) is 14.4. The van der Waals surface area contributed by atoms with Crippen LogP contribution in [0.5, 0.6) is 5.75 Å². The third-order valence-electron chi connectivity index (χ3n) is 3.88. The van der Waals surface area contributed by atoms with Crippen molar-refractivity contribution in [2.75, 3.05) is 0 Å². The van der Waals surface area contributed by atoms with Crippen LogP contribution < -0.4 is 10.5 Å². The van der Waals surface area contributed by atoms with Crippen LogP contribution in [0.2, 0.25) is 5.02 Å². The molecule has 0 spiro atoms. The molecule has 0 aromatic heterocycles. The van der Waals surface area contributed by atoms with Gasteiger partial charge in [-0.15, -0.1) is 0 Å². The van der Waals surface area contributed by atoms with Gasteiger partial charge in [0.2, 0.25) is 0 Å². The molecule has 1 aliphatic rings. The van der Waals surface area contributed by atoms with E-state index >= 15 is 0 Å². The van der Waals surface area contributed by atoms with Crippen molar-refractivity contribution >= 4 is 11.6 Å². The van der Waals surface area contributed by atoms with Gasteiger partial charge < -0.3 is 10.5 Å². The number of halogens is 2. The van der Waals surface area contributed by atoms with Crippen molar-refractivity contribution in [1.82, 2.24) is 0 Å². The molecule has 4 heteroatoms. The van der Waals surface area contributed by atoms with Crippen molar-refractivity contribution in [2.45, 2.75) is 31.9 Å². The summed E-state index contributed by atoms with van der Waals surface area (Å²) in [6, 6.07) is 10.7. The number of rotatable bonds is 3. The molecule has 0 saturated carbocycles. The van der Waals surface area contributed by atoms with Crippen LogP contribution in [0, 0.1) is 5.82 Å².